The Morgan fingerprint density at radius 3 is 2.92 bits per heavy atom. The van der Waals surface area contributed by atoms with E-state index in [-0.39, 0.29) is 18.7 Å². The van der Waals surface area contributed by atoms with Crippen molar-refractivity contribution in [1.82, 2.24) is 4.90 Å². The molecule has 1 heterocycles. The van der Waals surface area contributed by atoms with Gasteiger partial charge in [0.25, 0.3) is 0 Å². The number of nitrogens with one attached hydrogen (secondary N) is 1. The van der Waals surface area contributed by atoms with Gasteiger partial charge in [0.15, 0.2) is 0 Å². The number of hydrogen-bond acceptors (Lipinski definition) is 3. The highest BCUT2D eigenvalue weighted by molar-refractivity contribution is 5.90. The molecule has 3 rings (SSSR count). The maximum atomic E-state index is 12.7. The smallest absolute Gasteiger partial charge is 0.322 e. The van der Waals surface area contributed by atoms with Crippen molar-refractivity contribution >= 4 is 11.7 Å². The molecular formula is C19H22N2O3. The number of carbonyl (C=O) groups excluding carboxylic acids is 1. The summed E-state index contributed by atoms with van der Waals surface area (Å²) in [6.07, 6.45) is 0.795. The van der Waals surface area contributed by atoms with Crippen molar-refractivity contribution in [3.05, 3.63) is 65.2 Å². The number of ether oxygens (including phenoxy) is 1. The van der Waals surface area contributed by atoms with Crippen LogP contribution in [0.3, 0.4) is 0 Å². The Morgan fingerprint density at radius 1 is 1.29 bits per heavy atom. The van der Waals surface area contributed by atoms with E-state index in [0.29, 0.717) is 13.2 Å². The molecule has 2 aromatic carbocycles. The molecule has 0 saturated carbocycles. The molecule has 1 atom stereocenters. The Bertz CT molecular complexity index is 717. The molecule has 0 bridgehead atoms. The number of anilines is 1. The van der Waals surface area contributed by atoms with E-state index < -0.39 is 0 Å². The third-order valence-electron chi connectivity index (χ3n) is 4.34. The average molecular weight is 326 g/mol. The quantitative estimate of drug-likeness (QED) is 0.908. The second-order valence-electron chi connectivity index (χ2n) is 5.90. The van der Waals surface area contributed by atoms with Crippen molar-refractivity contribution in [3.63, 3.8) is 0 Å². The lowest BCUT2D eigenvalue weighted by atomic mass is 9.93. The Kier molecular flexibility index (Phi) is 5.13. The van der Waals surface area contributed by atoms with Crippen LogP contribution < -0.4 is 5.32 Å². The minimum absolute atomic E-state index is 0.0891. The van der Waals surface area contributed by atoms with Gasteiger partial charge in [0.1, 0.15) is 0 Å². The van der Waals surface area contributed by atoms with Gasteiger partial charge in [0.05, 0.1) is 19.3 Å². The standard InChI is InChI=1S/C19H22N2O3/c1-24-13-14-5-4-7-16(11-14)20-19(23)21-10-9-15-6-2-3-8-17(15)18(21)12-22/h2-8,11,18,22H,9-10,12-13H2,1H3,(H,20,23). The highest BCUT2D eigenvalue weighted by Crippen LogP contribution is 2.29. The zero-order valence-corrected chi connectivity index (χ0v) is 13.7. The van der Waals surface area contributed by atoms with Crippen LogP contribution in [0, 0.1) is 0 Å². The number of rotatable bonds is 4. The van der Waals surface area contributed by atoms with Gasteiger partial charge in [-0.25, -0.2) is 4.79 Å². The number of amides is 2. The molecule has 0 saturated heterocycles. The van der Waals surface area contributed by atoms with Crippen molar-refractivity contribution in [3.8, 4) is 0 Å². The Hall–Kier alpha value is -2.37. The molecule has 126 valence electrons. The Labute approximate surface area is 141 Å². The second-order valence-corrected chi connectivity index (χ2v) is 5.90. The molecule has 24 heavy (non-hydrogen) atoms. The van der Waals surface area contributed by atoms with Gasteiger partial charge in [0.2, 0.25) is 0 Å². The fraction of sp³-hybridized carbons (Fsp3) is 0.316. The van der Waals surface area contributed by atoms with Crippen LogP contribution in [0.2, 0.25) is 0 Å². The van der Waals surface area contributed by atoms with Gasteiger partial charge in [0, 0.05) is 19.3 Å². The summed E-state index contributed by atoms with van der Waals surface area (Å²) in [4.78, 5) is 14.4. The highest BCUT2D eigenvalue weighted by Gasteiger charge is 2.30. The average Bonchev–Trinajstić information content (AvgIpc) is 2.61. The van der Waals surface area contributed by atoms with Gasteiger partial charge in [-0.05, 0) is 35.2 Å². The normalized spacial score (nSPS) is 16.6. The maximum absolute atomic E-state index is 12.7. The summed E-state index contributed by atoms with van der Waals surface area (Å²) in [6.45, 7) is 1.00. The second kappa shape index (κ2) is 7.47. The van der Waals surface area contributed by atoms with Gasteiger partial charge in [-0.15, -0.1) is 0 Å². The van der Waals surface area contributed by atoms with E-state index >= 15 is 0 Å². The van der Waals surface area contributed by atoms with Gasteiger partial charge in [-0.3, -0.25) is 0 Å². The van der Waals surface area contributed by atoms with E-state index in [4.69, 9.17) is 4.74 Å². The van der Waals surface area contributed by atoms with E-state index in [1.807, 2.05) is 42.5 Å². The van der Waals surface area contributed by atoms with E-state index in [0.717, 1.165) is 23.2 Å². The number of aliphatic hydroxyl groups excluding tert-OH is 1. The van der Waals surface area contributed by atoms with E-state index in [9.17, 15) is 9.90 Å². The summed E-state index contributed by atoms with van der Waals surface area (Å²) >= 11 is 0. The number of fused-ring (bicyclic) bond motifs is 1. The SMILES string of the molecule is COCc1cccc(NC(=O)N2CCc3ccccc3C2CO)c1. The number of nitrogens with zero attached hydrogens (tertiary/aromatic N) is 1. The first-order valence-corrected chi connectivity index (χ1v) is 8.07. The fourth-order valence-corrected chi connectivity index (χ4v) is 3.19. The maximum Gasteiger partial charge on any atom is 0.322 e. The lowest BCUT2D eigenvalue weighted by Gasteiger charge is -2.36. The van der Waals surface area contributed by atoms with Crippen LogP contribution in [0.15, 0.2) is 48.5 Å². The molecule has 1 aliphatic heterocycles. The molecule has 5 heteroatoms. The van der Waals surface area contributed by atoms with Gasteiger partial charge in [-0.2, -0.15) is 0 Å². The van der Waals surface area contributed by atoms with Gasteiger partial charge >= 0.3 is 6.03 Å². The minimum Gasteiger partial charge on any atom is -0.394 e. The van der Waals surface area contributed by atoms with Crippen molar-refractivity contribution in [2.24, 2.45) is 0 Å². The van der Waals surface area contributed by atoms with Crippen molar-refractivity contribution in [1.29, 1.82) is 0 Å². The molecule has 2 aromatic rings. The number of benzene rings is 2. The lowest BCUT2D eigenvalue weighted by Crippen LogP contribution is -2.43. The van der Waals surface area contributed by atoms with Gasteiger partial charge in [-0.1, -0.05) is 36.4 Å². The molecule has 1 unspecified atom stereocenters. The first-order valence-electron chi connectivity index (χ1n) is 8.07. The summed E-state index contributed by atoms with van der Waals surface area (Å²) in [5.41, 5.74) is 3.94. The third-order valence-corrected chi connectivity index (χ3v) is 4.34. The lowest BCUT2D eigenvalue weighted by molar-refractivity contribution is 0.135. The number of urea groups is 1. The number of methoxy groups -OCH3 is 1. The monoisotopic (exact) mass is 326 g/mol. The molecule has 0 radical (unpaired) electrons. The van der Waals surface area contributed by atoms with E-state index in [2.05, 4.69) is 11.4 Å². The minimum atomic E-state index is -0.308. The van der Waals surface area contributed by atoms with E-state index in [1.165, 1.54) is 5.56 Å². The Morgan fingerprint density at radius 2 is 2.12 bits per heavy atom. The fourth-order valence-electron chi connectivity index (χ4n) is 3.19. The molecule has 0 aromatic heterocycles. The summed E-state index contributed by atoms with van der Waals surface area (Å²) in [6, 6.07) is 15.1. The molecule has 2 amide bonds. The number of aliphatic hydroxyl groups is 1. The van der Waals surface area contributed by atoms with Crippen LogP contribution in [0.25, 0.3) is 0 Å². The van der Waals surface area contributed by atoms with Crippen molar-refractivity contribution in [2.45, 2.75) is 19.1 Å². The first kappa shape index (κ1) is 16.5. The first-order chi connectivity index (χ1) is 11.7. The molecule has 0 fully saturated rings. The van der Waals surface area contributed by atoms with Crippen LogP contribution in [-0.4, -0.2) is 36.3 Å². The van der Waals surface area contributed by atoms with Crippen LogP contribution in [0.5, 0.6) is 0 Å². The Balaban J connectivity index is 1.76. The molecule has 5 nitrogen and oxygen atoms in total. The zero-order chi connectivity index (χ0) is 16.9. The van der Waals surface area contributed by atoms with Crippen LogP contribution in [-0.2, 0) is 17.8 Å². The molecule has 0 spiro atoms. The third kappa shape index (κ3) is 3.42. The zero-order valence-electron chi connectivity index (χ0n) is 13.7. The molecule has 1 aliphatic rings. The predicted octanol–water partition coefficient (Wildman–Crippen LogP) is 2.96. The molecule has 0 aliphatic carbocycles. The van der Waals surface area contributed by atoms with Crippen LogP contribution in [0.1, 0.15) is 22.7 Å². The van der Waals surface area contributed by atoms with Gasteiger partial charge < -0.3 is 20.1 Å². The summed E-state index contributed by atoms with van der Waals surface area (Å²) in [5, 5.41) is 12.7. The molecule has 2 N–H and O–H groups in total. The van der Waals surface area contributed by atoms with E-state index in [1.54, 1.807) is 12.0 Å². The highest BCUT2D eigenvalue weighted by atomic mass is 16.5. The summed E-state index contributed by atoms with van der Waals surface area (Å²) < 4.78 is 5.12. The predicted molar refractivity (Wildman–Crippen MR) is 92.9 cm³/mol. The van der Waals surface area contributed by atoms with Crippen molar-refractivity contribution in [2.75, 3.05) is 25.6 Å². The number of hydrogen-bond donors (Lipinski definition) is 2. The van der Waals surface area contributed by atoms with Crippen molar-refractivity contribution < 1.29 is 14.6 Å². The topological polar surface area (TPSA) is 61.8 Å². The summed E-state index contributed by atoms with van der Waals surface area (Å²) in [7, 11) is 1.64. The molecular weight excluding hydrogens is 304 g/mol. The summed E-state index contributed by atoms with van der Waals surface area (Å²) in [5.74, 6) is 0. The number of carbonyl (C=O) groups is 1. The largest absolute Gasteiger partial charge is 0.394 e. The van der Waals surface area contributed by atoms with Crippen LogP contribution >= 0.6 is 0 Å². The van der Waals surface area contributed by atoms with Crippen LogP contribution in [0.4, 0.5) is 10.5 Å².